The number of rotatable bonds is 5. The van der Waals surface area contributed by atoms with Crippen LogP contribution in [0.2, 0.25) is 0 Å². The van der Waals surface area contributed by atoms with Gasteiger partial charge in [-0.05, 0) is 19.1 Å². The van der Waals surface area contributed by atoms with Crippen LogP contribution in [0.3, 0.4) is 0 Å². The van der Waals surface area contributed by atoms with Crippen LogP contribution in [-0.4, -0.2) is 33.5 Å². The molecular formula is C13H13N3O3S. The summed E-state index contributed by atoms with van der Waals surface area (Å²) >= 11 is 1.27. The molecule has 0 bridgehead atoms. The Balaban J connectivity index is 1.86. The summed E-state index contributed by atoms with van der Waals surface area (Å²) in [7, 11) is 0. The van der Waals surface area contributed by atoms with Gasteiger partial charge in [-0.3, -0.25) is 4.79 Å². The van der Waals surface area contributed by atoms with Gasteiger partial charge in [0.2, 0.25) is 0 Å². The molecule has 0 saturated heterocycles. The third-order valence-electron chi connectivity index (χ3n) is 2.52. The monoisotopic (exact) mass is 291 g/mol. The van der Waals surface area contributed by atoms with Crippen molar-refractivity contribution in [3.63, 3.8) is 0 Å². The molecule has 2 aromatic heterocycles. The maximum Gasteiger partial charge on any atom is 0.355 e. The highest BCUT2D eigenvalue weighted by atomic mass is 32.1. The lowest BCUT2D eigenvalue weighted by molar-refractivity contribution is 0.0690. The van der Waals surface area contributed by atoms with E-state index in [4.69, 9.17) is 5.11 Å². The molecule has 0 saturated carbocycles. The largest absolute Gasteiger partial charge is 0.476 e. The fraction of sp³-hybridized carbons (Fsp3) is 0.231. The van der Waals surface area contributed by atoms with E-state index in [9.17, 15) is 9.59 Å². The number of thiazole rings is 1. The predicted molar refractivity (Wildman–Crippen MR) is 74.1 cm³/mol. The summed E-state index contributed by atoms with van der Waals surface area (Å²) in [6.45, 7) is 2.21. The second kappa shape index (κ2) is 6.25. The molecule has 0 aliphatic heterocycles. The van der Waals surface area contributed by atoms with E-state index in [0.29, 0.717) is 23.7 Å². The zero-order chi connectivity index (χ0) is 14.5. The van der Waals surface area contributed by atoms with Gasteiger partial charge in [0.25, 0.3) is 5.91 Å². The Kier molecular flexibility index (Phi) is 4.41. The normalized spacial score (nSPS) is 10.2. The molecule has 2 heterocycles. The van der Waals surface area contributed by atoms with Gasteiger partial charge in [-0.25, -0.2) is 14.8 Å². The van der Waals surface area contributed by atoms with Crippen molar-refractivity contribution in [3.05, 3.63) is 45.7 Å². The van der Waals surface area contributed by atoms with E-state index in [2.05, 4.69) is 15.3 Å². The van der Waals surface area contributed by atoms with Gasteiger partial charge >= 0.3 is 5.97 Å². The Bertz CT molecular complexity index is 639. The highest BCUT2D eigenvalue weighted by molar-refractivity contribution is 7.09. The third-order valence-corrected chi connectivity index (χ3v) is 3.42. The van der Waals surface area contributed by atoms with Gasteiger partial charge in [-0.15, -0.1) is 11.3 Å². The Labute approximate surface area is 119 Å². The van der Waals surface area contributed by atoms with Crippen molar-refractivity contribution in [2.45, 2.75) is 13.3 Å². The number of carbonyl (C=O) groups is 2. The maximum atomic E-state index is 11.8. The minimum absolute atomic E-state index is 0.0386. The number of carboxylic acid groups (broad SMARTS) is 1. The zero-order valence-electron chi connectivity index (χ0n) is 10.8. The quantitative estimate of drug-likeness (QED) is 0.871. The minimum Gasteiger partial charge on any atom is -0.476 e. The molecule has 2 aromatic rings. The maximum absolute atomic E-state index is 11.8. The summed E-state index contributed by atoms with van der Waals surface area (Å²) < 4.78 is 0. The fourth-order valence-electron chi connectivity index (χ4n) is 1.57. The molecule has 0 unspecified atom stereocenters. The van der Waals surface area contributed by atoms with E-state index in [1.165, 1.54) is 16.7 Å². The molecule has 1 amide bonds. The first-order chi connectivity index (χ1) is 9.56. The second-order valence-electron chi connectivity index (χ2n) is 4.10. The highest BCUT2D eigenvalue weighted by Crippen LogP contribution is 2.10. The third kappa shape index (κ3) is 3.61. The van der Waals surface area contributed by atoms with Crippen molar-refractivity contribution in [1.82, 2.24) is 15.3 Å². The number of carbonyl (C=O) groups excluding carboxylic acids is 1. The number of nitrogens with zero attached hydrogens (tertiary/aromatic N) is 2. The van der Waals surface area contributed by atoms with Gasteiger partial charge in [0.1, 0.15) is 5.69 Å². The number of aromatic nitrogens is 2. The summed E-state index contributed by atoms with van der Waals surface area (Å²) in [5.74, 6) is -1.29. The van der Waals surface area contributed by atoms with Crippen molar-refractivity contribution in [2.24, 2.45) is 0 Å². The van der Waals surface area contributed by atoms with Crippen molar-refractivity contribution in [1.29, 1.82) is 0 Å². The average molecular weight is 291 g/mol. The van der Waals surface area contributed by atoms with Crippen LogP contribution in [0.5, 0.6) is 0 Å². The summed E-state index contributed by atoms with van der Waals surface area (Å²) in [4.78, 5) is 30.6. The Hall–Kier alpha value is -2.28. The van der Waals surface area contributed by atoms with Gasteiger partial charge in [0, 0.05) is 24.0 Å². The van der Waals surface area contributed by atoms with Crippen LogP contribution < -0.4 is 5.32 Å². The summed E-state index contributed by atoms with van der Waals surface area (Å²) in [5, 5.41) is 13.7. The summed E-state index contributed by atoms with van der Waals surface area (Å²) in [6, 6.07) is 5.24. The Morgan fingerprint density at radius 3 is 2.75 bits per heavy atom. The van der Waals surface area contributed by atoms with Crippen LogP contribution in [0.4, 0.5) is 0 Å². The van der Waals surface area contributed by atoms with Crippen molar-refractivity contribution < 1.29 is 14.7 Å². The molecule has 0 radical (unpaired) electrons. The van der Waals surface area contributed by atoms with Crippen LogP contribution in [0.15, 0.2) is 23.6 Å². The average Bonchev–Trinajstić information content (AvgIpc) is 2.87. The van der Waals surface area contributed by atoms with E-state index in [0.717, 1.165) is 5.69 Å². The van der Waals surface area contributed by atoms with Gasteiger partial charge in [-0.2, -0.15) is 0 Å². The molecule has 7 heteroatoms. The van der Waals surface area contributed by atoms with Gasteiger partial charge < -0.3 is 10.4 Å². The van der Waals surface area contributed by atoms with Crippen molar-refractivity contribution >= 4 is 23.2 Å². The van der Waals surface area contributed by atoms with Crippen molar-refractivity contribution in [2.75, 3.05) is 6.54 Å². The predicted octanol–water partition coefficient (Wildman–Crippen LogP) is 1.52. The van der Waals surface area contributed by atoms with E-state index in [1.54, 1.807) is 12.1 Å². The summed E-state index contributed by atoms with van der Waals surface area (Å²) in [5.41, 5.74) is 1.19. The number of hydrogen-bond donors (Lipinski definition) is 2. The topological polar surface area (TPSA) is 92.2 Å². The molecule has 0 atom stereocenters. The van der Waals surface area contributed by atoms with E-state index >= 15 is 0 Å². The number of nitrogens with one attached hydrogen (secondary N) is 1. The number of carboxylic acids is 1. The Morgan fingerprint density at radius 2 is 2.10 bits per heavy atom. The molecule has 104 valence electrons. The van der Waals surface area contributed by atoms with Crippen LogP contribution >= 0.6 is 11.3 Å². The lowest BCUT2D eigenvalue weighted by atomic mass is 10.3. The van der Waals surface area contributed by atoms with Crippen molar-refractivity contribution in [3.8, 4) is 0 Å². The molecule has 2 N–H and O–H groups in total. The first-order valence-corrected chi connectivity index (χ1v) is 6.84. The highest BCUT2D eigenvalue weighted by Gasteiger charge is 2.10. The van der Waals surface area contributed by atoms with E-state index < -0.39 is 5.97 Å². The molecule has 0 aliphatic rings. The minimum atomic E-state index is -1.04. The zero-order valence-corrected chi connectivity index (χ0v) is 11.6. The first kappa shape index (κ1) is 14.1. The molecular weight excluding hydrogens is 278 g/mol. The number of pyridine rings is 1. The van der Waals surface area contributed by atoms with Gasteiger partial charge in [-0.1, -0.05) is 6.07 Å². The molecule has 2 rings (SSSR count). The molecule has 6 nitrogen and oxygen atoms in total. The first-order valence-electron chi connectivity index (χ1n) is 5.96. The lowest BCUT2D eigenvalue weighted by Gasteiger charge is -2.03. The summed E-state index contributed by atoms with van der Waals surface area (Å²) in [6.07, 6.45) is 0.496. The lowest BCUT2D eigenvalue weighted by Crippen LogP contribution is -2.26. The number of aromatic carboxylic acids is 1. The number of amides is 1. The molecule has 0 spiro atoms. The molecule has 0 aromatic carbocycles. The van der Waals surface area contributed by atoms with Gasteiger partial charge in [0.15, 0.2) is 5.69 Å². The number of hydrogen-bond acceptors (Lipinski definition) is 5. The van der Waals surface area contributed by atoms with E-state index in [1.807, 2.05) is 13.0 Å². The van der Waals surface area contributed by atoms with E-state index in [-0.39, 0.29) is 11.6 Å². The van der Waals surface area contributed by atoms with Gasteiger partial charge in [0.05, 0.1) is 5.01 Å². The van der Waals surface area contributed by atoms with Crippen LogP contribution in [0.25, 0.3) is 0 Å². The van der Waals surface area contributed by atoms with Crippen LogP contribution in [0, 0.1) is 6.92 Å². The molecule has 0 fully saturated rings. The molecule has 0 aliphatic carbocycles. The van der Waals surface area contributed by atoms with Crippen LogP contribution in [-0.2, 0) is 6.42 Å². The van der Waals surface area contributed by atoms with Crippen LogP contribution in [0.1, 0.15) is 31.7 Å². The molecule has 20 heavy (non-hydrogen) atoms. The standard InChI is InChI=1S/C13H13N3O3S/c1-8-3-2-4-9(15-8)12(17)14-6-5-11-16-10(7-20-11)13(18)19/h2-4,7H,5-6H2,1H3,(H,14,17)(H,18,19). The smallest absolute Gasteiger partial charge is 0.355 e. The Morgan fingerprint density at radius 1 is 1.30 bits per heavy atom. The fourth-order valence-corrected chi connectivity index (χ4v) is 2.34. The second-order valence-corrected chi connectivity index (χ2v) is 5.04. The SMILES string of the molecule is Cc1cccc(C(=O)NCCc2nc(C(=O)O)cs2)n1. The number of aryl methyl sites for hydroxylation is 1.